The molecule has 6 heterocycles. The Hall–Kier alpha value is -4.63. The van der Waals surface area contributed by atoms with Gasteiger partial charge in [0.05, 0.1) is 11.9 Å². The molecule has 9 heteroatoms. The molecule has 6 aromatic rings. The zero-order valence-electron chi connectivity index (χ0n) is 21.2. The van der Waals surface area contributed by atoms with Gasteiger partial charge in [0.1, 0.15) is 29.5 Å². The molecule has 0 bridgehead atoms. The van der Waals surface area contributed by atoms with Crippen LogP contribution in [0.5, 0.6) is 5.75 Å². The van der Waals surface area contributed by atoms with Gasteiger partial charge >= 0.3 is 0 Å². The Kier molecular flexibility index (Phi) is 5.97. The first kappa shape index (κ1) is 23.5. The fourth-order valence-electron chi connectivity index (χ4n) is 5.28. The number of rotatable bonds is 7. The number of aromatic nitrogens is 6. The molecule has 0 radical (unpaired) electrons. The quantitative estimate of drug-likeness (QED) is 0.275. The third kappa shape index (κ3) is 4.61. The highest BCUT2D eigenvalue weighted by Crippen LogP contribution is 2.34. The average molecular weight is 520 g/mol. The number of aromatic amines is 2. The lowest BCUT2D eigenvalue weighted by molar-refractivity contribution is 0.237. The minimum Gasteiger partial charge on any atom is -0.491 e. The number of hydrogen-bond acceptors (Lipinski definition) is 6. The highest BCUT2D eigenvalue weighted by atomic mass is 19.1. The zero-order chi connectivity index (χ0) is 26.2. The van der Waals surface area contributed by atoms with Crippen molar-refractivity contribution in [2.75, 3.05) is 26.2 Å². The molecule has 1 saturated heterocycles. The number of halogens is 1. The van der Waals surface area contributed by atoms with Gasteiger partial charge in [-0.25, -0.2) is 14.4 Å². The first-order valence-electron chi connectivity index (χ1n) is 13.1. The average Bonchev–Trinajstić information content (AvgIpc) is 3.72. The molecule has 1 aliphatic heterocycles. The number of fused-ring (bicyclic) bond motifs is 2. The maximum Gasteiger partial charge on any atom is 0.155 e. The first-order chi connectivity index (χ1) is 19.2. The number of pyridine rings is 3. The summed E-state index contributed by atoms with van der Waals surface area (Å²) in [5.74, 6) is 0.464. The molecular formula is C30H26FN7O. The molecule has 2 N–H and O–H groups in total. The van der Waals surface area contributed by atoms with Crippen LogP contribution in [-0.2, 0) is 0 Å². The molecule has 1 aromatic carbocycles. The van der Waals surface area contributed by atoms with Crippen molar-refractivity contribution in [2.45, 2.75) is 12.8 Å². The number of benzene rings is 1. The SMILES string of the molecule is Fc1cccc(-c2ccnc3[nH]c(-c4n[nH]c5ncc(-c6cncc(OCCN7CCCC7)c6)cc45)cc23)c1. The molecule has 0 saturated carbocycles. The Bertz CT molecular complexity index is 1790. The second kappa shape index (κ2) is 9.92. The van der Waals surface area contributed by atoms with Gasteiger partial charge in [-0.2, -0.15) is 5.10 Å². The van der Waals surface area contributed by atoms with Crippen molar-refractivity contribution in [3.05, 3.63) is 79.1 Å². The second-order valence-electron chi connectivity index (χ2n) is 9.81. The summed E-state index contributed by atoms with van der Waals surface area (Å²) >= 11 is 0. The summed E-state index contributed by atoms with van der Waals surface area (Å²) in [5.41, 5.74) is 6.43. The lowest BCUT2D eigenvalue weighted by atomic mass is 10.0. The summed E-state index contributed by atoms with van der Waals surface area (Å²) in [5, 5.41) is 9.35. The van der Waals surface area contributed by atoms with Crippen molar-refractivity contribution >= 4 is 22.1 Å². The molecule has 0 amide bonds. The van der Waals surface area contributed by atoms with Crippen LogP contribution in [0.3, 0.4) is 0 Å². The zero-order valence-corrected chi connectivity index (χ0v) is 21.2. The van der Waals surface area contributed by atoms with Crippen LogP contribution >= 0.6 is 0 Å². The number of nitrogens with zero attached hydrogens (tertiary/aromatic N) is 5. The van der Waals surface area contributed by atoms with Gasteiger partial charge in [-0.15, -0.1) is 0 Å². The van der Waals surface area contributed by atoms with Gasteiger partial charge in [-0.3, -0.25) is 15.0 Å². The summed E-state index contributed by atoms with van der Waals surface area (Å²) in [7, 11) is 0. The summed E-state index contributed by atoms with van der Waals surface area (Å²) in [4.78, 5) is 19.3. The van der Waals surface area contributed by atoms with Crippen molar-refractivity contribution in [1.82, 2.24) is 35.0 Å². The van der Waals surface area contributed by atoms with Crippen LogP contribution in [0.4, 0.5) is 4.39 Å². The predicted molar refractivity (Wildman–Crippen MR) is 149 cm³/mol. The van der Waals surface area contributed by atoms with Crippen LogP contribution in [0.15, 0.2) is 73.3 Å². The van der Waals surface area contributed by atoms with E-state index < -0.39 is 0 Å². The molecule has 194 valence electrons. The van der Waals surface area contributed by atoms with Gasteiger partial charge in [0.15, 0.2) is 5.65 Å². The Morgan fingerprint density at radius 3 is 2.67 bits per heavy atom. The minimum atomic E-state index is -0.277. The Morgan fingerprint density at radius 2 is 1.77 bits per heavy atom. The van der Waals surface area contributed by atoms with E-state index in [0.717, 1.165) is 69.8 Å². The third-order valence-corrected chi connectivity index (χ3v) is 7.26. The van der Waals surface area contributed by atoms with Gasteiger partial charge in [0, 0.05) is 47.0 Å². The molecule has 0 aliphatic carbocycles. The molecule has 7 rings (SSSR count). The molecule has 39 heavy (non-hydrogen) atoms. The molecule has 8 nitrogen and oxygen atoms in total. The van der Waals surface area contributed by atoms with E-state index >= 15 is 0 Å². The molecule has 0 atom stereocenters. The molecule has 1 aliphatic rings. The smallest absolute Gasteiger partial charge is 0.155 e. The van der Waals surface area contributed by atoms with Crippen LogP contribution in [-0.4, -0.2) is 61.3 Å². The fraction of sp³-hybridized carbons (Fsp3) is 0.200. The summed E-state index contributed by atoms with van der Waals surface area (Å²) in [6.07, 6.45) is 9.63. The van der Waals surface area contributed by atoms with Crippen LogP contribution in [0, 0.1) is 5.82 Å². The van der Waals surface area contributed by atoms with Gasteiger partial charge in [0.25, 0.3) is 0 Å². The van der Waals surface area contributed by atoms with Crippen molar-refractivity contribution in [2.24, 2.45) is 0 Å². The van der Waals surface area contributed by atoms with Gasteiger partial charge in [0.2, 0.25) is 0 Å². The first-order valence-corrected chi connectivity index (χ1v) is 13.1. The Morgan fingerprint density at radius 1 is 0.872 bits per heavy atom. The molecule has 0 spiro atoms. The highest BCUT2D eigenvalue weighted by molar-refractivity contribution is 5.99. The van der Waals surface area contributed by atoms with Crippen molar-refractivity contribution in [3.63, 3.8) is 0 Å². The van der Waals surface area contributed by atoms with Crippen LogP contribution in [0.25, 0.3) is 55.7 Å². The van der Waals surface area contributed by atoms with Crippen LogP contribution < -0.4 is 4.74 Å². The number of ether oxygens (including phenoxy) is 1. The van der Waals surface area contributed by atoms with E-state index in [1.807, 2.05) is 36.7 Å². The van der Waals surface area contributed by atoms with Gasteiger partial charge in [-0.05, 0) is 73.5 Å². The Balaban J connectivity index is 1.20. The summed E-state index contributed by atoms with van der Waals surface area (Å²) in [6.45, 7) is 3.87. The van der Waals surface area contributed by atoms with E-state index in [9.17, 15) is 4.39 Å². The number of likely N-dealkylation sites (tertiary alicyclic amines) is 1. The largest absolute Gasteiger partial charge is 0.491 e. The molecule has 1 fully saturated rings. The van der Waals surface area contributed by atoms with E-state index in [1.165, 1.54) is 25.0 Å². The maximum absolute atomic E-state index is 13.9. The predicted octanol–water partition coefficient (Wildman–Crippen LogP) is 5.84. The Labute approximate surface area is 223 Å². The highest BCUT2D eigenvalue weighted by Gasteiger charge is 2.16. The lowest BCUT2D eigenvalue weighted by Gasteiger charge is -2.15. The second-order valence-corrected chi connectivity index (χ2v) is 9.81. The van der Waals surface area contributed by atoms with Crippen LogP contribution in [0.2, 0.25) is 0 Å². The van der Waals surface area contributed by atoms with E-state index in [1.54, 1.807) is 18.5 Å². The standard InChI is InChI=1S/C30H26FN7O/c31-22-5-3-4-19(12-22)24-6-7-33-29-25(24)15-27(35-29)28-26-14-21(17-34-30(26)37-36-28)20-13-23(18-32-16-20)39-11-10-38-8-1-2-9-38/h3-7,12-18H,1-2,8-11H2,(H,33,35)(H,34,36,37). The molecule has 5 aromatic heterocycles. The van der Waals surface area contributed by atoms with Crippen molar-refractivity contribution in [3.8, 4) is 39.4 Å². The lowest BCUT2D eigenvalue weighted by Crippen LogP contribution is -2.25. The number of nitrogens with one attached hydrogen (secondary N) is 2. The van der Waals surface area contributed by atoms with Gasteiger partial charge in [-0.1, -0.05) is 12.1 Å². The monoisotopic (exact) mass is 519 g/mol. The summed E-state index contributed by atoms with van der Waals surface area (Å²) in [6, 6.07) is 14.5. The van der Waals surface area contributed by atoms with E-state index in [2.05, 4.69) is 41.1 Å². The normalized spacial score (nSPS) is 14.0. The number of hydrogen-bond donors (Lipinski definition) is 2. The topological polar surface area (TPSA) is 95.6 Å². The van der Waals surface area contributed by atoms with Crippen molar-refractivity contribution in [1.29, 1.82) is 0 Å². The van der Waals surface area contributed by atoms with E-state index in [0.29, 0.717) is 17.9 Å². The van der Waals surface area contributed by atoms with Crippen LogP contribution in [0.1, 0.15) is 12.8 Å². The van der Waals surface area contributed by atoms with Gasteiger partial charge < -0.3 is 9.72 Å². The fourth-order valence-corrected chi connectivity index (χ4v) is 5.28. The number of H-pyrrole nitrogens is 2. The van der Waals surface area contributed by atoms with E-state index in [-0.39, 0.29) is 5.82 Å². The van der Waals surface area contributed by atoms with Crippen molar-refractivity contribution < 1.29 is 9.13 Å². The minimum absolute atomic E-state index is 0.277. The van der Waals surface area contributed by atoms with E-state index in [4.69, 9.17) is 4.74 Å². The molecular weight excluding hydrogens is 493 g/mol. The summed E-state index contributed by atoms with van der Waals surface area (Å²) < 4.78 is 19.9. The molecule has 0 unspecified atom stereocenters. The third-order valence-electron chi connectivity index (χ3n) is 7.26. The maximum atomic E-state index is 13.9.